The second-order valence-electron chi connectivity index (χ2n) is 4.34. The average molecular weight is 284 g/mol. The number of ether oxygens (including phenoxy) is 1. The van der Waals surface area contributed by atoms with Gasteiger partial charge < -0.3 is 4.74 Å². The predicted octanol–water partition coefficient (Wildman–Crippen LogP) is 2.84. The maximum absolute atomic E-state index is 5.61. The lowest BCUT2D eigenvalue weighted by atomic mass is 10.0. The van der Waals surface area contributed by atoms with Gasteiger partial charge >= 0.3 is 0 Å². The predicted molar refractivity (Wildman–Crippen MR) is 70.4 cm³/mol. The highest BCUT2D eigenvalue weighted by Gasteiger charge is 2.10. The number of hydrogen-bond acceptors (Lipinski definition) is 2. The van der Waals surface area contributed by atoms with Gasteiger partial charge in [-0.15, -0.1) is 0 Å². The van der Waals surface area contributed by atoms with E-state index < -0.39 is 0 Å². The molecule has 1 aliphatic heterocycles. The zero-order valence-corrected chi connectivity index (χ0v) is 11.3. The van der Waals surface area contributed by atoms with Gasteiger partial charge in [-0.05, 0) is 43.5 Å². The molecule has 1 heterocycles. The molecule has 2 nitrogen and oxygen atoms in total. The first-order chi connectivity index (χ1) is 7.79. The molecule has 0 unspecified atom stereocenters. The lowest BCUT2D eigenvalue weighted by Gasteiger charge is -2.18. The second-order valence-corrected chi connectivity index (χ2v) is 4.84. The Morgan fingerprint density at radius 1 is 1.44 bits per heavy atom. The molecular formula is C13H18BrNO. The van der Waals surface area contributed by atoms with E-state index in [1.165, 1.54) is 11.1 Å². The fraction of sp³-hybridized carbons (Fsp3) is 0.538. The number of benzene rings is 1. The van der Waals surface area contributed by atoms with Gasteiger partial charge in [0.05, 0.1) is 12.1 Å². The molecule has 0 fully saturated rings. The highest BCUT2D eigenvalue weighted by molar-refractivity contribution is 9.09. The number of fused-ring (bicyclic) bond motifs is 1. The molecule has 1 aromatic carbocycles. The fourth-order valence-corrected chi connectivity index (χ4v) is 2.20. The molecule has 0 spiro atoms. The van der Waals surface area contributed by atoms with Crippen molar-refractivity contribution in [2.24, 2.45) is 0 Å². The molecule has 0 saturated carbocycles. The van der Waals surface area contributed by atoms with Crippen LogP contribution < -0.4 is 4.74 Å². The van der Waals surface area contributed by atoms with Crippen molar-refractivity contribution in [3.05, 3.63) is 29.3 Å². The highest BCUT2D eigenvalue weighted by Crippen LogP contribution is 2.25. The van der Waals surface area contributed by atoms with E-state index >= 15 is 0 Å². The zero-order valence-electron chi connectivity index (χ0n) is 9.71. The molecule has 1 aromatic rings. The third-order valence-electron chi connectivity index (χ3n) is 2.96. The van der Waals surface area contributed by atoms with Gasteiger partial charge in [0.2, 0.25) is 0 Å². The Morgan fingerprint density at radius 2 is 2.31 bits per heavy atom. The van der Waals surface area contributed by atoms with Gasteiger partial charge in [0, 0.05) is 6.54 Å². The molecule has 0 bridgehead atoms. The summed E-state index contributed by atoms with van der Waals surface area (Å²) in [6, 6.07) is 6.61. The summed E-state index contributed by atoms with van der Waals surface area (Å²) >= 11 is 3.45. The summed E-state index contributed by atoms with van der Waals surface area (Å²) in [5.74, 6) is 1.09. The summed E-state index contributed by atoms with van der Waals surface area (Å²) in [6.07, 6.45) is 3.42. The maximum Gasteiger partial charge on any atom is 0.122 e. The van der Waals surface area contributed by atoms with Gasteiger partial charge in [-0.2, -0.15) is 0 Å². The molecular weight excluding hydrogens is 266 g/mol. The minimum Gasteiger partial charge on any atom is -0.493 e. The number of hydrogen-bond donors (Lipinski definition) is 0. The van der Waals surface area contributed by atoms with E-state index in [0.29, 0.717) is 0 Å². The van der Waals surface area contributed by atoms with Crippen molar-refractivity contribution in [2.75, 3.05) is 25.7 Å². The summed E-state index contributed by atoms with van der Waals surface area (Å²) in [6.45, 7) is 1.96. The van der Waals surface area contributed by atoms with Crippen LogP contribution in [0.4, 0.5) is 0 Å². The van der Waals surface area contributed by atoms with E-state index in [-0.39, 0.29) is 0 Å². The van der Waals surface area contributed by atoms with Crippen molar-refractivity contribution in [2.45, 2.75) is 19.3 Å². The Balaban J connectivity index is 2.00. The van der Waals surface area contributed by atoms with Gasteiger partial charge in [0.15, 0.2) is 0 Å². The highest BCUT2D eigenvalue weighted by atomic mass is 79.9. The molecule has 1 aliphatic rings. The standard InChI is InChI=1S/C13H18BrNO/c1-15(10-14)7-6-11-4-5-13-12(9-11)3-2-8-16-13/h4-5,9H,2-3,6-8,10H2,1H3. The van der Waals surface area contributed by atoms with Crippen LogP contribution in [0.1, 0.15) is 17.5 Å². The van der Waals surface area contributed by atoms with E-state index in [2.05, 4.69) is 46.1 Å². The van der Waals surface area contributed by atoms with Crippen molar-refractivity contribution in [3.63, 3.8) is 0 Å². The number of rotatable bonds is 4. The van der Waals surface area contributed by atoms with Crippen LogP contribution in [-0.2, 0) is 12.8 Å². The molecule has 0 amide bonds. The monoisotopic (exact) mass is 283 g/mol. The maximum atomic E-state index is 5.61. The van der Waals surface area contributed by atoms with Crippen LogP contribution in [-0.4, -0.2) is 30.6 Å². The molecule has 0 atom stereocenters. The lowest BCUT2D eigenvalue weighted by Crippen LogP contribution is -2.19. The number of nitrogens with zero attached hydrogens (tertiary/aromatic N) is 1. The number of halogens is 1. The number of aryl methyl sites for hydroxylation is 1. The molecule has 0 radical (unpaired) electrons. The van der Waals surface area contributed by atoms with E-state index in [9.17, 15) is 0 Å². The first-order valence-electron chi connectivity index (χ1n) is 5.78. The van der Waals surface area contributed by atoms with Crippen molar-refractivity contribution < 1.29 is 4.74 Å². The van der Waals surface area contributed by atoms with E-state index in [0.717, 1.165) is 43.6 Å². The quantitative estimate of drug-likeness (QED) is 0.622. The van der Waals surface area contributed by atoms with Gasteiger partial charge in [0.1, 0.15) is 5.75 Å². The van der Waals surface area contributed by atoms with E-state index in [4.69, 9.17) is 4.74 Å². The molecule has 2 rings (SSSR count). The van der Waals surface area contributed by atoms with Crippen LogP contribution in [0.3, 0.4) is 0 Å². The van der Waals surface area contributed by atoms with Gasteiger partial charge in [-0.1, -0.05) is 28.1 Å². The summed E-state index contributed by atoms with van der Waals surface area (Å²) < 4.78 is 5.61. The van der Waals surface area contributed by atoms with Crippen molar-refractivity contribution in [3.8, 4) is 5.75 Å². The van der Waals surface area contributed by atoms with E-state index in [1.807, 2.05) is 0 Å². The van der Waals surface area contributed by atoms with Crippen molar-refractivity contribution >= 4 is 15.9 Å². The largest absolute Gasteiger partial charge is 0.493 e. The van der Waals surface area contributed by atoms with E-state index in [1.54, 1.807) is 0 Å². The van der Waals surface area contributed by atoms with Crippen molar-refractivity contribution in [1.29, 1.82) is 0 Å². The lowest BCUT2D eigenvalue weighted by molar-refractivity contribution is 0.288. The molecule has 0 aliphatic carbocycles. The Kier molecular flexibility index (Phi) is 4.24. The van der Waals surface area contributed by atoms with Gasteiger partial charge in [-0.25, -0.2) is 0 Å². The van der Waals surface area contributed by atoms with Gasteiger partial charge in [-0.3, -0.25) is 4.90 Å². The number of alkyl halides is 1. The molecule has 3 heteroatoms. The third kappa shape index (κ3) is 2.98. The normalized spacial score (nSPS) is 14.7. The van der Waals surface area contributed by atoms with Crippen LogP contribution in [0.15, 0.2) is 18.2 Å². The summed E-state index contributed by atoms with van der Waals surface area (Å²) in [5, 5.41) is 0. The van der Waals surface area contributed by atoms with Crippen LogP contribution in [0.25, 0.3) is 0 Å². The first-order valence-corrected chi connectivity index (χ1v) is 6.91. The fourth-order valence-electron chi connectivity index (χ4n) is 1.95. The second kappa shape index (κ2) is 5.69. The minimum absolute atomic E-state index is 0.874. The molecule has 16 heavy (non-hydrogen) atoms. The summed E-state index contributed by atoms with van der Waals surface area (Å²) in [5.41, 5.74) is 3.73. The minimum atomic E-state index is 0.874. The Bertz CT molecular complexity index is 354. The number of likely N-dealkylation sites (N-methyl/N-ethyl adjacent to an activating group) is 1. The van der Waals surface area contributed by atoms with Crippen molar-refractivity contribution in [1.82, 2.24) is 4.90 Å². The van der Waals surface area contributed by atoms with Crippen LogP contribution in [0.5, 0.6) is 5.75 Å². The zero-order chi connectivity index (χ0) is 11.4. The summed E-state index contributed by atoms with van der Waals surface area (Å²) in [7, 11) is 2.12. The van der Waals surface area contributed by atoms with Gasteiger partial charge in [0.25, 0.3) is 0 Å². The molecule has 0 saturated heterocycles. The average Bonchev–Trinajstić information content (AvgIpc) is 2.35. The first kappa shape index (κ1) is 11.9. The Morgan fingerprint density at radius 3 is 3.12 bits per heavy atom. The topological polar surface area (TPSA) is 12.5 Å². The third-order valence-corrected chi connectivity index (χ3v) is 3.82. The molecule has 88 valence electrons. The smallest absolute Gasteiger partial charge is 0.122 e. The van der Waals surface area contributed by atoms with Crippen LogP contribution in [0.2, 0.25) is 0 Å². The summed E-state index contributed by atoms with van der Waals surface area (Å²) in [4.78, 5) is 2.26. The Labute approximate surface area is 106 Å². The molecule has 0 aromatic heterocycles. The van der Waals surface area contributed by atoms with Crippen LogP contribution >= 0.6 is 15.9 Å². The molecule has 0 N–H and O–H groups in total. The Hall–Kier alpha value is -0.540. The SMILES string of the molecule is CN(CBr)CCc1ccc2c(c1)CCCO2. The van der Waals surface area contributed by atoms with Crippen LogP contribution in [0, 0.1) is 0 Å².